The molecule has 0 bridgehead atoms. The van der Waals surface area contributed by atoms with Crippen molar-refractivity contribution in [1.82, 2.24) is 15.2 Å². The molecule has 1 aromatic carbocycles. The van der Waals surface area contributed by atoms with Crippen LogP contribution in [0.4, 0.5) is 23.7 Å². The fraction of sp³-hybridized carbons (Fsp3) is 0.391. The largest absolute Gasteiger partial charge is 0.573 e. The minimum Gasteiger partial charge on any atom is -0.406 e. The molecule has 11 heteroatoms. The molecule has 2 aliphatic heterocycles. The van der Waals surface area contributed by atoms with E-state index < -0.39 is 29.6 Å². The first-order chi connectivity index (χ1) is 16.1. The zero-order valence-corrected chi connectivity index (χ0v) is 18.4. The Morgan fingerprint density at radius 1 is 1.12 bits per heavy atom. The van der Waals surface area contributed by atoms with Crippen molar-refractivity contribution in [1.29, 1.82) is 0 Å². The lowest BCUT2D eigenvalue weighted by molar-refractivity contribution is -0.274. The molecule has 0 radical (unpaired) electrons. The van der Waals surface area contributed by atoms with Crippen molar-refractivity contribution >= 4 is 23.5 Å². The van der Waals surface area contributed by atoms with E-state index in [1.165, 1.54) is 18.3 Å². The second kappa shape index (κ2) is 8.96. The third-order valence-electron chi connectivity index (χ3n) is 5.83. The van der Waals surface area contributed by atoms with Gasteiger partial charge in [0.1, 0.15) is 17.0 Å². The van der Waals surface area contributed by atoms with Gasteiger partial charge in [-0.1, -0.05) is 0 Å². The van der Waals surface area contributed by atoms with Crippen LogP contribution in [0.5, 0.6) is 5.75 Å². The summed E-state index contributed by atoms with van der Waals surface area (Å²) in [4.78, 5) is 45.3. The van der Waals surface area contributed by atoms with E-state index in [2.05, 4.69) is 15.0 Å². The van der Waals surface area contributed by atoms with Crippen LogP contribution in [0.25, 0.3) is 0 Å². The molecule has 180 valence electrons. The van der Waals surface area contributed by atoms with E-state index in [9.17, 15) is 27.6 Å². The third kappa shape index (κ3) is 4.97. The maximum absolute atomic E-state index is 13.2. The highest BCUT2D eigenvalue weighted by Gasteiger charge is 2.48. The molecule has 1 aromatic heterocycles. The lowest BCUT2D eigenvalue weighted by Gasteiger charge is -2.26. The lowest BCUT2D eigenvalue weighted by Crippen LogP contribution is -2.46. The van der Waals surface area contributed by atoms with E-state index in [0.717, 1.165) is 36.3 Å². The number of aromatic nitrogens is 1. The molecule has 34 heavy (non-hydrogen) atoms. The summed E-state index contributed by atoms with van der Waals surface area (Å²) in [6, 6.07) is 7.05. The van der Waals surface area contributed by atoms with Gasteiger partial charge in [-0.2, -0.15) is 0 Å². The summed E-state index contributed by atoms with van der Waals surface area (Å²) in [5.74, 6) is -1.20. The molecule has 4 rings (SSSR count). The monoisotopic (exact) mass is 476 g/mol. The van der Waals surface area contributed by atoms with E-state index >= 15 is 0 Å². The predicted molar refractivity (Wildman–Crippen MR) is 115 cm³/mol. The highest BCUT2D eigenvalue weighted by molar-refractivity contribution is 6.23. The number of amides is 4. The number of pyridine rings is 1. The number of ether oxygens (including phenoxy) is 1. The summed E-state index contributed by atoms with van der Waals surface area (Å²) in [5.41, 5.74) is -0.291. The second-order valence-corrected chi connectivity index (χ2v) is 8.52. The predicted octanol–water partition coefficient (Wildman–Crippen LogP) is 3.66. The standard InChI is InChI=1S/C23H23F3N4O4/c1-22(14-15-9-10-27-18(13-15)19(31)29-11-3-2-4-12-29)20(32)30(21(33)28-22)16-5-7-17(8-6-16)34-23(24,25)26/h5-10,13H,2-4,11-12,14H2,1H3,(H,28,33). The Kier molecular flexibility index (Phi) is 6.20. The van der Waals surface area contributed by atoms with Crippen molar-refractivity contribution in [3.8, 4) is 5.75 Å². The minimum atomic E-state index is -4.85. The number of nitrogens with one attached hydrogen (secondary N) is 1. The van der Waals surface area contributed by atoms with Gasteiger partial charge >= 0.3 is 12.4 Å². The van der Waals surface area contributed by atoms with Gasteiger partial charge in [0.15, 0.2) is 0 Å². The molecular formula is C23H23F3N4O4. The molecule has 4 amide bonds. The maximum Gasteiger partial charge on any atom is 0.573 e. The Morgan fingerprint density at radius 2 is 1.79 bits per heavy atom. The molecule has 8 nitrogen and oxygen atoms in total. The number of benzene rings is 1. The fourth-order valence-electron chi connectivity index (χ4n) is 4.20. The number of anilines is 1. The first-order valence-corrected chi connectivity index (χ1v) is 10.8. The zero-order chi connectivity index (χ0) is 24.5. The number of carbonyl (C=O) groups excluding carboxylic acids is 3. The Labute approximate surface area is 193 Å². The van der Waals surface area contributed by atoms with Crippen LogP contribution < -0.4 is 15.0 Å². The highest BCUT2D eigenvalue weighted by Crippen LogP contribution is 2.30. The van der Waals surface area contributed by atoms with E-state index in [4.69, 9.17) is 0 Å². The number of rotatable bonds is 5. The van der Waals surface area contributed by atoms with Gasteiger partial charge in [-0.25, -0.2) is 9.69 Å². The Bertz CT molecular complexity index is 1100. The SMILES string of the molecule is CC1(Cc2ccnc(C(=O)N3CCCCC3)c2)NC(=O)N(c2ccc(OC(F)(F)F)cc2)C1=O. The van der Waals surface area contributed by atoms with Crippen molar-refractivity contribution in [2.45, 2.75) is 44.5 Å². The average Bonchev–Trinajstić information content (AvgIpc) is 3.01. The average molecular weight is 476 g/mol. The van der Waals surface area contributed by atoms with Crippen LogP contribution in [0.15, 0.2) is 42.6 Å². The van der Waals surface area contributed by atoms with Crippen LogP contribution in [0, 0.1) is 0 Å². The van der Waals surface area contributed by atoms with Crippen molar-refractivity contribution in [2.24, 2.45) is 0 Å². The number of hydrogen-bond donors (Lipinski definition) is 1. The van der Waals surface area contributed by atoms with Crippen molar-refractivity contribution in [2.75, 3.05) is 18.0 Å². The molecule has 1 N–H and O–H groups in total. The number of nitrogens with zero attached hydrogens (tertiary/aromatic N) is 3. The van der Waals surface area contributed by atoms with Crippen molar-refractivity contribution < 1.29 is 32.3 Å². The molecule has 3 heterocycles. The first kappa shape index (κ1) is 23.5. The smallest absolute Gasteiger partial charge is 0.406 e. The van der Waals surface area contributed by atoms with Gasteiger partial charge < -0.3 is 15.0 Å². The number of likely N-dealkylation sites (tertiary alicyclic amines) is 1. The summed E-state index contributed by atoms with van der Waals surface area (Å²) in [6.07, 6.45) is -0.265. The minimum absolute atomic E-state index is 0.103. The summed E-state index contributed by atoms with van der Waals surface area (Å²) < 4.78 is 41.0. The highest BCUT2D eigenvalue weighted by atomic mass is 19.4. The topological polar surface area (TPSA) is 91.8 Å². The molecule has 0 saturated carbocycles. The summed E-state index contributed by atoms with van der Waals surface area (Å²) in [7, 11) is 0. The first-order valence-electron chi connectivity index (χ1n) is 10.8. The normalized spacial score (nSPS) is 20.9. The van der Waals surface area contributed by atoms with Gasteiger partial charge in [-0.15, -0.1) is 13.2 Å². The summed E-state index contributed by atoms with van der Waals surface area (Å²) in [5, 5.41) is 2.65. The molecular weight excluding hydrogens is 453 g/mol. The van der Waals surface area contributed by atoms with E-state index in [1.807, 2.05) is 0 Å². The fourth-order valence-corrected chi connectivity index (χ4v) is 4.20. The maximum atomic E-state index is 13.2. The molecule has 1 unspecified atom stereocenters. The van der Waals surface area contributed by atoms with Crippen LogP contribution in [0.2, 0.25) is 0 Å². The number of piperidine rings is 1. The molecule has 0 aliphatic carbocycles. The number of carbonyl (C=O) groups is 3. The molecule has 0 spiro atoms. The van der Waals surface area contributed by atoms with Gasteiger partial charge in [0, 0.05) is 25.7 Å². The number of alkyl halides is 3. The Balaban J connectivity index is 1.50. The van der Waals surface area contributed by atoms with Crippen LogP contribution in [0.1, 0.15) is 42.2 Å². The molecule has 2 aliphatic rings. The van der Waals surface area contributed by atoms with Gasteiger partial charge in [0.05, 0.1) is 5.69 Å². The van der Waals surface area contributed by atoms with Crippen molar-refractivity contribution in [3.05, 3.63) is 53.9 Å². The van der Waals surface area contributed by atoms with Crippen molar-refractivity contribution in [3.63, 3.8) is 0 Å². The zero-order valence-electron chi connectivity index (χ0n) is 18.4. The van der Waals surface area contributed by atoms with Gasteiger partial charge in [-0.05, 0) is 68.1 Å². The number of hydrogen-bond acceptors (Lipinski definition) is 5. The third-order valence-corrected chi connectivity index (χ3v) is 5.83. The summed E-state index contributed by atoms with van der Waals surface area (Å²) in [6.45, 7) is 2.92. The van der Waals surface area contributed by atoms with Crippen LogP contribution in [0.3, 0.4) is 0 Å². The molecule has 2 saturated heterocycles. The number of urea groups is 1. The quantitative estimate of drug-likeness (QED) is 0.665. The van der Waals surface area contributed by atoms with E-state index in [1.54, 1.807) is 24.0 Å². The number of imide groups is 1. The lowest BCUT2D eigenvalue weighted by atomic mass is 9.92. The molecule has 2 aromatic rings. The van der Waals surface area contributed by atoms with Crippen LogP contribution in [-0.4, -0.2) is 52.7 Å². The molecule has 2 fully saturated rings. The van der Waals surface area contributed by atoms with Crippen LogP contribution >= 0.6 is 0 Å². The second-order valence-electron chi connectivity index (χ2n) is 8.52. The van der Waals surface area contributed by atoms with E-state index in [-0.39, 0.29) is 23.7 Å². The molecule has 1 atom stereocenters. The Morgan fingerprint density at radius 3 is 2.44 bits per heavy atom. The number of halogens is 3. The van der Waals surface area contributed by atoms with Gasteiger partial charge in [0.2, 0.25) is 0 Å². The van der Waals surface area contributed by atoms with Gasteiger partial charge in [-0.3, -0.25) is 14.6 Å². The Hall–Kier alpha value is -3.63. The van der Waals surface area contributed by atoms with Crippen LogP contribution in [-0.2, 0) is 11.2 Å². The van der Waals surface area contributed by atoms with Gasteiger partial charge in [0.25, 0.3) is 11.8 Å². The van der Waals surface area contributed by atoms with E-state index in [0.29, 0.717) is 18.7 Å². The summed E-state index contributed by atoms with van der Waals surface area (Å²) >= 11 is 0.